The number of ether oxygens (including phenoxy) is 2. The second-order valence-electron chi connectivity index (χ2n) is 5.49. The molecule has 6 nitrogen and oxygen atoms in total. The minimum Gasteiger partial charge on any atom is -0.497 e. The monoisotopic (exact) mass is 320 g/mol. The fraction of sp³-hybridized carbons (Fsp3) is 0.529. The van der Waals surface area contributed by atoms with E-state index >= 15 is 0 Å². The van der Waals surface area contributed by atoms with E-state index in [-0.39, 0.29) is 24.3 Å². The zero-order chi connectivity index (χ0) is 16.7. The van der Waals surface area contributed by atoms with Gasteiger partial charge >= 0.3 is 5.97 Å². The van der Waals surface area contributed by atoms with Gasteiger partial charge in [0.1, 0.15) is 5.75 Å². The lowest BCUT2D eigenvalue weighted by atomic mass is 9.97. The summed E-state index contributed by atoms with van der Waals surface area (Å²) < 4.78 is 10.1. The first-order valence-corrected chi connectivity index (χ1v) is 7.96. The minimum atomic E-state index is -0.143. The molecule has 1 aromatic carbocycles. The number of anilines is 1. The van der Waals surface area contributed by atoms with Gasteiger partial charge in [-0.15, -0.1) is 0 Å². The largest absolute Gasteiger partial charge is 0.497 e. The average Bonchev–Trinajstić information content (AvgIpc) is 2.60. The molecule has 1 amide bonds. The SMILES string of the molecule is CCOC(=O)C1CCN(C(=O)CNc2ccc(OC)cc2)CC1. The van der Waals surface area contributed by atoms with Crippen molar-refractivity contribution < 1.29 is 19.1 Å². The van der Waals surface area contributed by atoms with Crippen LogP contribution >= 0.6 is 0 Å². The molecule has 0 radical (unpaired) electrons. The molecule has 1 heterocycles. The predicted molar refractivity (Wildman–Crippen MR) is 87.4 cm³/mol. The van der Waals surface area contributed by atoms with E-state index in [0.29, 0.717) is 32.5 Å². The standard InChI is InChI=1S/C17H24N2O4/c1-3-23-17(21)13-8-10-19(11-9-13)16(20)12-18-14-4-6-15(22-2)7-5-14/h4-7,13,18H,3,8-12H2,1-2H3. The zero-order valence-corrected chi connectivity index (χ0v) is 13.7. The molecule has 0 aliphatic carbocycles. The number of hydrogen-bond acceptors (Lipinski definition) is 5. The lowest BCUT2D eigenvalue weighted by Gasteiger charge is -2.31. The first-order chi connectivity index (χ1) is 11.1. The summed E-state index contributed by atoms with van der Waals surface area (Å²) in [4.78, 5) is 25.7. The molecule has 1 N–H and O–H groups in total. The van der Waals surface area contributed by atoms with E-state index in [2.05, 4.69) is 5.32 Å². The molecule has 1 saturated heterocycles. The van der Waals surface area contributed by atoms with Crippen LogP contribution in [0.3, 0.4) is 0 Å². The summed E-state index contributed by atoms with van der Waals surface area (Å²) in [6.07, 6.45) is 1.35. The van der Waals surface area contributed by atoms with Crippen LogP contribution in [0, 0.1) is 5.92 Å². The Morgan fingerprint density at radius 2 is 1.87 bits per heavy atom. The van der Waals surface area contributed by atoms with Gasteiger partial charge in [0.15, 0.2) is 0 Å². The van der Waals surface area contributed by atoms with Gasteiger partial charge in [0.25, 0.3) is 0 Å². The van der Waals surface area contributed by atoms with E-state index in [1.54, 1.807) is 18.9 Å². The highest BCUT2D eigenvalue weighted by Crippen LogP contribution is 2.19. The van der Waals surface area contributed by atoms with Crippen LogP contribution in [0.2, 0.25) is 0 Å². The topological polar surface area (TPSA) is 67.9 Å². The second-order valence-corrected chi connectivity index (χ2v) is 5.49. The normalized spacial score (nSPS) is 15.1. The molecule has 1 aliphatic heterocycles. The van der Waals surface area contributed by atoms with Crippen molar-refractivity contribution in [1.29, 1.82) is 0 Å². The van der Waals surface area contributed by atoms with Gasteiger partial charge in [-0.1, -0.05) is 0 Å². The van der Waals surface area contributed by atoms with E-state index in [1.807, 2.05) is 24.3 Å². The number of nitrogens with one attached hydrogen (secondary N) is 1. The molecular weight excluding hydrogens is 296 g/mol. The van der Waals surface area contributed by atoms with Crippen molar-refractivity contribution >= 4 is 17.6 Å². The minimum absolute atomic E-state index is 0.0446. The van der Waals surface area contributed by atoms with Crippen LogP contribution in [0.15, 0.2) is 24.3 Å². The molecule has 6 heteroatoms. The van der Waals surface area contributed by atoms with E-state index in [4.69, 9.17) is 9.47 Å². The molecule has 0 aromatic heterocycles. The Morgan fingerprint density at radius 1 is 1.22 bits per heavy atom. The summed E-state index contributed by atoms with van der Waals surface area (Å²) in [6, 6.07) is 7.44. The van der Waals surface area contributed by atoms with Crippen LogP contribution in [0.4, 0.5) is 5.69 Å². The summed E-state index contributed by atoms with van der Waals surface area (Å²) in [5, 5.41) is 3.11. The fourth-order valence-corrected chi connectivity index (χ4v) is 2.62. The van der Waals surface area contributed by atoms with E-state index in [0.717, 1.165) is 11.4 Å². The Hall–Kier alpha value is -2.24. The maximum Gasteiger partial charge on any atom is 0.309 e. The molecule has 1 aliphatic rings. The Balaban J connectivity index is 1.75. The zero-order valence-electron chi connectivity index (χ0n) is 13.7. The van der Waals surface area contributed by atoms with Gasteiger partial charge in [-0.2, -0.15) is 0 Å². The number of carbonyl (C=O) groups is 2. The number of benzene rings is 1. The molecular formula is C17H24N2O4. The Labute approximate surface area is 136 Å². The third kappa shape index (κ3) is 4.87. The summed E-state index contributed by atoms with van der Waals surface area (Å²) in [7, 11) is 1.62. The molecule has 0 spiro atoms. The summed E-state index contributed by atoms with van der Waals surface area (Å²) >= 11 is 0. The molecule has 2 rings (SSSR count). The number of amides is 1. The number of hydrogen-bond donors (Lipinski definition) is 1. The van der Waals surface area contributed by atoms with Crippen molar-refractivity contribution in [3.05, 3.63) is 24.3 Å². The summed E-state index contributed by atoms with van der Waals surface area (Å²) in [5.41, 5.74) is 0.876. The van der Waals surface area contributed by atoms with Gasteiger partial charge < -0.3 is 19.7 Å². The van der Waals surface area contributed by atoms with Crippen molar-refractivity contribution in [3.8, 4) is 5.75 Å². The quantitative estimate of drug-likeness (QED) is 0.811. The van der Waals surface area contributed by atoms with Gasteiger partial charge in [-0.3, -0.25) is 9.59 Å². The van der Waals surface area contributed by atoms with Crippen molar-refractivity contribution in [2.24, 2.45) is 5.92 Å². The molecule has 0 bridgehead atoms. The lowest BCUT2D eigenvalue weighted by Crippen LogP contribution is -2.43. The molecule has 1 aromatic rings. The first kappa shape index (κ1) is 17.1. The fourth-order valence-electron chi connectivity index (χ4n) is 2.62. The smallest absolute Gasteiger partial charge is 0.309 e. The van der Waals surface area contributed by atoms with Crippen LogP contribution in [0.25, 0.3) is 0 Å². The Bertz CT molecular complexity index is 522. The van der Waals surface area contributed by atoms with Crippen LogP contribution in [-0.2, 0) is 14.3 Å². The summed E-state index contributed by atoms with van der Waals surface area (Å²) in [5.74, 6) is 0.607. The predicted octanol–water partition coefficient (Wildman–Crippen LogP) is 1.91. The number of piperidine rings is 1. The highest BCUT2D eigenvalue weighted by molar-refractivity contribution is 5.81. The van der Waals surface area contributed by atoms with Crippen molar-refractivity contribution in [3.63, 3.8) is 0 Å². The maximum absolute atomic E-state index is 12.2. The van der Waals surface area contributed by atoms with Gasteiger partial charge in [-0.25, -0.2) is 0 Å². The molecule has 0 atom stereocenters. The van der Waals surface area contributed by atoms with Gasteiger partial charge in [0.2, 0.25) is 5.91 Å². The van der Waals surface area contributed by atoms with E-state index < -0.39 is 0 Å². The number of likely N-dealkylation sites (tertiary alicyclic amines) is 1. The third-order valence-electron chi connectivity index (χ3n) is 4.00. The maximum atomic E-state index is 12.2. The summed E-state index contributed by atoms with van der Waals surface area (Å²) in [6.45, 7) is 3.67. The second kappa shape index (κ2) is 8.41. The number of rotatable bonds is 6. The third-order valence-corrected chi connectivity index (χ3v) is 4.00. The number of methoxy groups -OCH3 is 1. The Kier molecular flexibility index (Phi) is 6.26. The molecule has 126 valence electrons. The highest BCUT2D eigenvalue weighted by Gasteiger charge is 2.27. The molecule has 1 fully saturated rings. The Morgan fingerprint density at radius 3 is 2.43 bits per heavy atom. The van der Waals surface area contributed by atoms with Crippen molar-refractivity contribution in [2.75, 3.05) is 38.7 Å². The van der Waals surface area contributed by atoms with Crippen LogP contribution < -0.4 is 10.1 Å². The number of esters is 1. The first-order valence-electron chi connectivity index (χ1n) is 7.96. The molecule has 0 unspecified atom stereocenters. The number of carbonyl (C=O) groups excluding carboxylic acids is 2. The van der Waals surface area contributed by atoms with Crippen LogP contribution in [0.5, 0.6) is 5.75 Å². The molecule has 0 saturated carbocycles. The van der Waals surface area contributed by atoms with E-state index in [9.17, 15) is 9.59 Å². The van der Waals surface area contributed by atoms with Crippen molar-refractivity contribution in [1.82, 2.24) is 4.90 Å². The van der Waals surface area contributed by atoms with Crippen molar-refractivity contribution in [2.45, 2.75) is 19.8 Å². The van der Waals surface area contributed by atoms with Gasteiger partial charge in [-0.05, 0) is 44.0 Å². The highest BCUT2D eigenvalue weighted by atomic mass is 16.5. The van der Waals surface area contributed by atoms with Gasteiger partial charge in [0.05, 0.1) is 26.2 Å². The molecule has 23 heavy (non-hydrogen) atoms. The lowest BCUT2D eigenvalue weighted by molar-refractivity contribution is -0.151. The van der Waals surface area contributed by atoms with Crippen LogP contribution in [-0.4, -0.2) is 50.1 Å². The van der Waals surface area contributed by atoms with E-state index in [1.165, 1.54) is 0 Å². The van der Waals surface area contributed by atoms with Crippen LogP contribution in [0.1, 0.15) is 19.8 Å². The average molecular weight is 320 g/mol. The number of nitrogens with zero attached hydrogens (tertiary/aromatic N) is 1. The van der Waals surface area contributed by atoms with Gasteiger partial charge in [0, 0.05) is 18.8 Å².